The third-order valence-corrected chi connectivity index (χ3v) is 4.09. The van der Waals surface area contributed by atoms with Crippen LogP contribution < -0.4 is 0 Å². The minimum Gasteiger partial charge on any atom is -0.245 e. The van der Waals surface area contributed by atoms with Crippen molar-refractivity contribution in [1.29, 1.82) is 0 Å². The van der Waals surface area contributed by atoms with Crippen molar-refractivity contribution in [2.75, 3.05) is 0 Å². The summed E-state index contributed by atoms with van der Waals surface area (Å²) in [6, 6.07) is 16.3. The highest BCUT2D eigenvalue weighted by atomic mass is 32.1. The van der Waals surface area contributed by atoms with Crippen molar-refractivity contribution < 1.29 is 0 Å². The van der Waals surface area contributed by atoms with Gasteiger partial charge in [-0.3, -0.25) is 0 Å². The SMILES string of the molecule is c1ccc2scnc2c1.c1ccc2sncc2c1. The number of hydrogen-bond acceptors (Lipinski definition) is 4. The smallest absolute Gasteiger partial charge is 0.0812 e. The summed E-state index contributed by atoms with van der Waals surface area (Å²) < 4.78 is 6.57. The summed E-state index contributed by atoms with van der Waals surface area (Å²) in [6.07, 6.45) is 1.89. The Labute approximate surface area is 113 Å². The number of hydrogen-bond donors (Lipinski definition) is 0. The Kier molecular flexibility index (Phi) is 3.30. The molecule has 0 atom stereocenters. The molecular weight excluding hydrogens is 260 g/mol. The summed E-state index contributed by atoms with van der Waals surface area (Å²) in [4.78, 5) is 4.14. The van der Waals surface area contributed by atoms with Gasteiger partial charge >= 0.3 is 0 Å². The van der Waals surface area contributed by atoms with Gasteiger partial charge in [0.15, 0.2) is 0 Å². The number of aromatic nitrogens is 2. The predicted molar refractivity (Wildman–Crippen MR) is 79.2 cm³/mol. The highest BCUT2D eigenvalue weighted by Crippen LogP contribution is 2.16. The Balaban J connectivity index is 0.000000111. The van der Waals surface area contributed by atoms with Gasteiger partial charge in [0.25, 0.3) is 0 Å². The lowest BCUT2D eigenvalue weighted by molar-refractivity contribution is 1.50. The molecule has 88 valence electrons. The quantitative estimate of drug-likeness (QED) is 0.467. The van der Waals surface area contributed by atoms with Crippen LogP contribution in [0.4, 0.5) is 0 Å². The number of fused-ring (bicyclic) bond motifs is 2. The molecule has 4 heteroatoms. The van der Waals surface area contributed by atoms with E-state index in [2.05, 4.69) is 27.6 Å². The average molecular weight is 270 g/mol. The highest BCUT2D eigenvalue weighted by Gasteiger charge is 1.90. The van der Waals surface area contributed by atoms with E-state index < -0.39 is 0 Å². The number of nitrogens with zero attached hydrogens (tertiary/aromatic N) is 2. The van der Waals surface area contributed by atoms with Gasteiger partial charge in [0.1, 0.15) is 0 Å². The topological polar surface area (TPSA) is 25.8 Å². The van der Waals surface area contributed by atoms with Gasteiger partial charge in [-0.05, 0) is 29.7 Å². The molecule has 0 bridgehead atoms. The van der Waals surface area contributed by atoms with E-state index in [9.17, 15) is 0 Å². The Morgan fingerprint density at radius 3 is 2.44 bits per heavy atom. The summed E-state index contributed by atoms with van der Waals surface area (Å²) in [6.45, 7) is 0. The maximum absolute atomic E-state index is 4.14. The molecule has 4 rings (SSSR count). The summed E-state index contributed by atoms with van der Waals surface area (Å²) in [5.74, 6) is 0. The first-order valence-electron chi connectivity index (χ1n) is 5.51. The number of benzene rings is 2. The van der Waals surface area contributed by atoms with E-state index in [4.69, 9.17) is 0 Å². The van der Waals surface area contributed by atoms with Crippen molar-refractivity contribution in [2.24, 2.45) is 0 Å². The van der Waals surface area contributed by atoms with Gasteiger partial charge in [0.05, 0.1) is 20.4 Å². The van der Waals surface area contributed by atoms with Crippen molar-refractivity contribution >= 4 is 43.2 Å². The van der Waals surface area contributed by atoms with Crippen LogP contribution >= 0.6 is 22.9 Å². The van der Waals surface area contributed by atoms with E-state index in [0.29, 0.717) is 0 Å². The second-order valence-electron chi connectivity index (χ2n) is 3.68. The first-order valence-corrected chi connectivity index (χ1v) is 7.16. The minimum atomic E-state index is 1.10. The highest BCUT2D eigenvalue weighted by molar-refractivity contribution is 7.16. The average Bonchev–Trinajstić information content (AvgIpc) is 3.08. The summed E-state index contributed by atoms with van der Waals surface area (Å²) in [5, 5.41) is 1.24. The molecular formula is C14H10N2S2. The molecule has 0 aliphatic heterocycles. The second-order valence-corrected chi connectivity index (χ2v) is 5.40. The first-order chi connectivity index (χ1) is 8.93. The summed E-state index contributed by atoms with van der Waals surface area (Å²) in [5.41, 5.74) is 2.97. The van der Waals surface area contributed by atoms with Gasteiger partial charge in [-0.15, -0.1) is 11.3 Å². The molecule has 0 amide bonds. The van der Waals surface area contributed by atoms with Gasteiger partial charge < -0.3 is 0 Å². The Bertz CT molecular complexity index is 632. The van der Waals surface area contributed by atoms with Crippen LogP contribution in [0.1, 0.15) is 0 Å². The van der Waals surface area contributed by atoms with Crippen molar-refractivity contribution in [3.8, 4) is 0 Å². The third kappa shape index (κ3) is 2.39. The lowest BCUT2D eigenvalue weighted by Gasteiger charge is -1.80. The molecule has 2 heterocycles. The number of para-hydroxylation sites is 1. The van der Waals surface area contributed by atoms with Crippen LogP contribution in [-0.2, 0) is 0 Å². The monoisotopic (exact) mass is 270 g/mol. The van der Waals surface area contributed by atoms with E-state index in [1.54, 1.807) is 11.3 Å². The molecule has 2 aromatic heterocycles. The fraction of sp³-hybridized carbons (Fsp3) is 0. The van der Waals surface area contributed by atoms with E-state index >= 15 is 0 Å². The fourth-order valence-electron chi connectivity index (χ4n) is 1.61. The molecule has 4 aromatic rings. The maximum Gasteiger partial charge on any atom is 0.0812 e. The molecule has 0 aliphatic carbocycles. The van der Waals surface area contributed by atoms with E-state index in [1.165, 1.54) is 26.3 Å². The molecule has 0 N–H and O–H groups in total. The van der Waals surface area contributed by atoms with Crippen LogP contribution in [0.3, 0.4) is 0 Å². The van der Waals surface area contributed by atoms with Gasteiger partial charge in [0.2, 0.25) is 0 Å². The van der Waals surface area contributed by atoms with Crippen molar-refractivity contribution in [1.82, 2.24) is 9.36 Å². The van der Waals surface area contributed by atoms with E-state index in [-0.39, 0.29) is 0 Å². The van der Waals surface area contributed by atoms with Crippen molar-refractivity contribution in [2.45, 2.75) is 0 Å². The Hall–Kier alpha value is -1.78. The standard InChI is InChI=1S/2C7H5NS/c1-2-4-7-6(3-1)8-5-9-7;1-2-4-7-6(3-1)5-8-9-7/h2*1-5H. The van der Waals surface area contributed by atoms with E-state index in [0.717, 1.165) is 5.52 Å². The molecule has 0 saturated heterocycles. The maximum atomic E-state index is 4.14. The first kappa shape index (κ1) is 11.3. The largest absolute Gasteiger partial charge is 0.245 e. The van der Waals surface area contributed by atoms with Gasteiger partial charge in [-0.25, -0.2) is 4.98 Å². The molecule has 2 nitrogen and oxygen atoms in total. The van der Waals surface area contributed by atoms with Crippen LogP contribution in [0, 0.1) is 0 Å². The second kappa shape index (κ2) is 5.25. The van der Waals surface area contributed by atoms with Crippen LogP contribution in [0.25, 0.3) is 20.3 Å². The normalized spacial score (nSPS) is 10.2. The van der Waals surface area contributed by atoms with Crippen LogP contribution in [-0.4, -0.2) is 9.36 Å². The minimum absolute atomic E-state index is 1.10. The Morgan fingerprint density at radius 2 is 1.61 bits per heavy atom. The zero-order valence-corrected chi connectivity index (χ0v) is 11.1. The molecule has 0 unspecified atom stereocenters. The predicted octanol–water partition coefficient (Wildman–Crippen LogP) is 4.59. The molecule has 2 aromatic carbocycles. The summed E-state index contributed by atoms with van der Waals surface area (Å²) >= 11 is 3.21. The number of thiazole rings is 1. The summed E-state index contributed by atoms with van der Waals surface area (Å²) in [7, 11) is 0. The molecule has 0 radical (unpaired) electrons. The zero-order valence-electron chi connectivity index (χ0n) is 9.48. The number of rotatable bonds is 0. The van der Waals surface area contributed by atoms with Crippen molar-refractivity contribution in [3.05, 3.63) is 60.2 Å². The van der Waals surface area contributed by atoms with Crippen LogP contribution in [0.15, 0.2) is 60.2 Å². The van der Waals surface area contributed by atoms with Gasteiger partial charge in [-0.1, -0.05) is 30.3 Å². The lowest BCUT2D eigenvalue weighted by Crippen LogP contribution is -1.61. The molecule has 0 saturated carbocycles. The molecule has 0 fully saturated rings. The molecule has 18 heavy (non-hydrogen) atoms. The fourth-order valence-corrected chi connectivity index (χ4v) is 2.94. The van der Waals surface area contributed by atoms with Gasteiger partial charge in [0, 0.05) is 11.6 Å². The molecule has 0 spiro atoms. The third-order valence-electron chi connectivity index (χ3n) is 2.50. The van der Waals surface area contributed by atoms with Crippen LogP contribution in [0.2, 0.25) is 0 Å². The van der Waals surface area contributed by atoms with E-state index in [1.807, 2.05) is 42.0 Å². The van der Waals surface area contributed by atoms with Crippen LogP contribution in [0.5, 0.6) is 0 Å². The molecule has 0 aliphatic rings. The Morgan fingerprint density at radius 1 is 0.833 bits per heavy atom. The lowest BCUT2D eigenvalue weighted by atomic mass is 10.3. The van der Waals surface area contributed by atoms with Gasteiger partial charge in [-0.2, -0.15) is 4.37 Å². The zero-order chi connectivity index (χ0) is 12.2. The van der Waals surface area contributed by atoms with Crippen molar-refractivity contribution in [3.63, 3.8) is 0 Å².